The molecule has 0 radical (unpaired) electrons. The van der Waals surface area contributed by atoms with Gasteiger partial charge in [-0.05, 0) is 30.2 Å². The van der Waals surface area contributed by atoms with Gasteiger partial charge in [-0.25, -0.2) is 9.97 Å². The highest BCUT2D eigenvalue weighted by atomic mass is 16.5. The number of nitrogens with one attached hydrogen (secondary N) is 1. The van der Waals surface area contributed by atoms with Gasteiger partial charge in [-0.3, -0.25) is 9.78 Å². The minimum atomic E-state index is -0.199. The lowest BCUT2D eigenvalue weighted by molar-refractivity contribution is 0.397. The lowest BCUT2D eigenvalue weighted by Gasteiger charge is -2.30. The largest absolute Gasteiger partial charge is 0.481 e. The first-order chi connectivity index (χ1) is 15.1. The molecule has 5 heterocycles. The summed E-state index contributed by atoms with van der Waals surface area (Å²) in [7, 11) is 1.56. The Hall–Kier alpha value is -4.08. The number of aryl methyl sites for hydroxylation is 1. The van der Waals surface area contributed by atoms with Gasteiger partial charge in [-0.1, -0.05) is 0 Å². The summed E-state index contributed by atoms with van der Waals surface area (Å²) >= 11 is 0. The highest BCUT2D eigenvalue weighted by Crippen LogP contribution is 2.27. The normalized spacial score (nSPS) is 13.2. The van der Waals surface area contributed by atoms with Crippen molar-refractivity contribution in [1.29, 1.82) is 0 Å². The van der Waals surface area contributed by atoms with Gasteiger partial charge < -0.3 is 15.0 Å². The lowest BCUT2D eigenvalue weighted by Crippen LogP contribution is -2.33. The van der Waals surface area contributed by atoms with E-state index in [9.17, 15) is 4.79 Å². The van der Waals surface area contributed by atoms with Crippen molar-refractivity contribution < 1.29 is 4.74 Å². The molecule has 0 aliphatic carbocycles. The molecule has 0 aromatic carbocycles. The second-order valence-electron chi connectivity index (χ2n) is 7.25. The summed E-state index contributed by atoms with van der Waals surface area (Å²) in [6.07, 6.45) is 5.70. The Labute approximate surface area is 177 Å². The molecule has 0 spiro atoms. The van der Waals surface area contributed by atoms with Gasteiger partial charge in [0.05, 0.1) is 19.0 Å². The first-order valence-corrected chi connectivity index (χ1v) is 9.83. The van der Waals surface area contributed by atoms with Crippen molar-refractivity contribution in [2.24, 2.45) is 0 Å². The summed E-state index contributed by atoms with van der Waals surface area (Å²) in [5.74, 6) is 1.69. The summed E-state index contributed by atoms with van der Waals surface area (Å²) < 4.78 is 6.49. The van der Waals surface area contributed by atoms with E-state index >= 15 is 0 Å². The van der Waals surface area contributed by atoms with Gasteiger partial charge in [-0.2, -0.15) is 9.50 Å². The first kappa shape index (κ1) is 18.9. The van der Waals surface area contributed by atoms with Gasteiger partial charge in [0.2, 0.25) is 11.8 Å². The van der Waals surface area contributed by atoms with E-state index in [4.69, 9.17) is 4.74 Å². The average Bonchev–Trinajstić information content (AvgIpc) is 2.78. The van der Waals surface area contributed by atoms with Crippen LogP contribution in [0.3, 0.4) is 0 Å². The molecule has 31 heavy (non-hydrogen) atoms. The van der Waals surface area contributed by atoms with Crippen LogP contribution in [0.1, 0.15) is 16.8 Å². The van der Waals surface area contributed by atoms with Crippen LogP contribution in [-0.4, -0.2) is 43.2 Å². The van der Waals surface area contributed by atoms with E-state index in [0.717, 1.165) is 41.3 Å². The van der Waals surface area contributed by atoms with Gasteiger partial charge in [0.25, 0.3) is 5.56 Å². The van der Waals surface area contributed by atoms with E-state index in [1.54, 1.807) is 25.6 Å². The fourth-order valence-corrected chi connectivity index (χ4v) is 3.68. The number of anilines is 3. The highest BCUT2D eigenvalue weighted by Gasteiger charge is 2.21. The molecule has 10 heteroatoms. The Balaban J connectivity index is 1.44. The maximum Gasteiger partial charge on any atom is 0.274 e. The third-order valence-corrected chi connectivity index (χ3v) is 5.18. The third-order valence-electron chi connectivity index (χ3n) is 5.18. The molecule has 0 unspecified atom stereocenters. The van der Waals surface area contributed by atoms with Crippen molar-refractivity contribution in [3.8, 4) is 5.88 Å². The van der Waals surface area contributed by atoms with Gasteiger partial charge in [0, 0.05) is 49.7 Å². The van der Waals surface area contributed by atoms with Crippen molar-refractivity contribution in [3.63, 3.8) is 0 Å². The number of pyridine rings is 1. The van der Waals surface area contributed by atoms with Crippen LogP contribution >= 0.6 is 0 Å². The Morgan fingerprint density at radius 3 is 2.87 bits per heavy atom. The zero-order valence-corrected chi connectivity index (χ0v) is 17.1. The van der Waals surface area contributed by atoms with E-state index in [-0.39, 0.29) is 5.56 Å². The van der Waals surface area contributed by atoms with E-state index < -0.39 is 0 Å². The molecule has 10 nitrogen and oxygen atoms in total. The van der Waals surface area contributed by atoms with Crippen LogP contribution in [0, 0.1) is 6.92 Å². The predicted molar refractivity (Wildman–Crippen MR) is 115 cm³/mol. The number of fused-ring (bicyclic) bond motifs is 2. The van der Waals surface area contributed by atoms with Crippen molar-refractivity contribution in [2.75, 3.05) is 23.9 Å². The molecule has 0 amide bonds. The quantitative estimate of drug-likeness (QED) is 0.533. The number of nitrogens with zero attached hydrogens (tertiary/aromatic N) is 7. The maximum atomic E-state index is 12.2. The molecule has 4 aromatic rings. The van der Waals surface area contributed by atoms with Crippen LogP contribution in [0.5, 0.6) is 5.88 Å². The summed E-state index contributed by atoms with van der Waals surface area (Å²) in [4.78, 5) is 31.7. The second kappa shape index (κ2) is 7.63. The van der Waals surface area contributed by atoms with Gasteiger partial charge in [0.15, 0.2) is 11.5 Å². The number of hydrogen-bond donors (Lipinski definition) is 1. The van der Waals surface area contributed by atoms with Gasteiger partial charge >= 0.3 is 0 Å². The van der Waals surface area contributed by atoms with E-state index in [1.807, 2.05) is 19.1 Å². The molecule has 0 bridgehead atoms. The first-order valence-electron chi connectivity index (χ1n) is 9.83. The number of rotatable bonds is 4. The fourth-order valence-electron chi connectivity index (χ4n) is 3.68. The molecule has 4 aromatic heterocycles. The molecular weight excluding hydrogens is 396 g/mol. The molecule has 1 aliphatic rings. The standard InChI is InChI=1S/C21H20N8O2/c1-13-9-17-22-7-4-19(30)29(17)27-20(13)28-8-5-16-14(12-28)10-15(11-24-16)25-21-23-6-3-18(26-21)31-2/h3-4,6-7,9-11H,5,8,12H2,1-2H3,(H,23,25,26). The van der Waals surface area contributed by atoms with Crippen LogP contribution < -0.4 is 20.5 Å². The van der Waals surface area contributed by atoms with Crippen molar-refractivity contribution in [3.05, 3.63) is 70.0 Å². The maximum absolute atomic E-state index is 12.2. The lowest BCUT2D eigenvalue weighted by atomic mass is 10.0. The third kappa shape index (κ3) is 3.63. The van der Waals surface area contributed by atoms with E-state index in [1.165, 1.54) is 16.8 Å². The molecular formula is C21H20N8O2. The second-order valence-corrected chi connectivity index (χ2v) is 7.25. The van der Waals surface area contributed by atoms with Gasteiger partial charge in [-0.15, -0.1) is 5.10 Å². The number of hydrogen-bond acceptors (Lipinski definition) is 9. The van der Waals surface area contributed by atoms with Gasteiger partial charge in [0.1, 0.15) is 0 Å². The zero-order chi connectivity index (χ0) is 21.4. The van der Waals surface area contributed by atoms with E-state index in [0.29, 0.717) is 24.0 Å². The highest BCUT2D eigenvalue weighted by molar-refractivity contribution is 5.57. The van der Waals surface area contributed by atoms with Crippen LogP contribution in [0.25, 0.3) is 5.65 Å². The zero-order valence-electron chi connectivity index (χ0n) is 17.1. The number of methoxy groups -OCH3 is 1. The van der Waals surface area contributed by atoms with Crippen molar-refractivity contribution in [1.82, 2.24) is 29.5 Å². The molecule has 1 aliphatic heterocycles. The monoisotopic (exact) mass is 416 g/mol. The Kier molecular flexibility index (Phi) is 4.66. The van der Waals surface area contributed by atoms with Crippen LogP contribution in [0.4, 0.5) is 17.5 Å². The smallest absolute Gasteiger partial charge is 0.274 e. The molecule has 0 saturated heterocycles. The number of aromatic nitrogens is 6. The predicted octanol–water partition coefficient (Wildman–Crippen LogP) is 1.90. The Morgan fingerprint density at radius 2 is 2.00 bits per heavy atom. The topological polar surface area (TPSA) is 110 Å². The summed E-state index contributed by atoms with van der Waals surface area (Å²) in [6.45, 7) is 3.37. The molecule has 0 atom stereocenters. The molecule has 0 saturated carbocycles. The Morgan fingerprint density at radius 1 is 1.13 bits per heavy atom. The SMILES string of the molecule is COc1ccnc(Nc2cnc3c(c2)CN(c2nn4c(=O)ccnc4cc2C)CC3)n1. The molecule has 0 fully saturated rings. The Bertz CT molecular complexity index is 1340. The fraction of sp³-hybridized carbons (Fsp3) is 0.238. The molecule has 5 rings (SSSR count). The van der Waals surface area contributed by atoms with Crippen molar-refractivity contribution >= 4 is 23.1 Å². The van der Waals surface area contributed by atoms with Crippen LogP contribution in [-0.2, 0) is 13.0 Å². The summed E-state index contributed by atoms with van der Waals surface area (Å²) in [5, 5.41) is 7.75. The summed E-state index contributed by atoms with van der Waals surface area (Å²) in [5.41, 5.74) is 4.23. The number of ether oxygens (including phenoxy) is 1. The van der Waals surface area contributed by atoms with E-state index in [2.05, 4.69) is 35.3 Å². The average molecular weight is 416 g/mol. The van der Waals surface area contributed by atoms with Crippen LogP contribution in [0.2, 0.25) is 0 Å². The molecule has 156 valence electrons. The molecule has 1 N–H and O–H groups in total. The van der Waals surface area contributed by atoms with Crippen molar-refractivity contribution in [2.45, 2.75) is 19.9 Å². The minimum Gasteiger partial charge on any atom is -0.481 e. The summed E-state index contributed by atoms with van der Waals surface area (Å²) in [6, 6.07) is 7.03. The van der Waals surface area contributed by atoms with Crippen LogP contribution in [0.15, 0.2) is 47.7 Å². The minimum absolute atomic E-state index is 0.199.